The van der Waals surface area contributed by atoms with Crippen LogP contribution in [0, 0.1) is 18.3 Å². The molecule has 1 fully saturated rings. The average molecular weight is 428 g/mol. The lowest BCUT2D eigenvalue weighted by molar-refractivity contribution is -0.126. The van der Waals surface area contributed by atoms with Crippen molar-refractivity contribution in [1.82, 2.24) is 25.3 Å². The van der Waals surface area contributed by atoms with E-state index in [-0.39, 0.29) is 23.1 Å². The van der Waals surface area contributed by atoms with E-state index in [1.165, 1.54) is 0 Å². The minimum Gasteiger partial charge on any atom is -0.355 e. The molecule has 0 unspecified atom stereocenters. The summed E-state index contributed by atoms with van der Waals surface area (Å²) in [6.07, 6.45) is 1.37. The lowest BCUT2D eigenvalue weighted by Gasteiger charge is -2.33. The minimum absolute atomic E-state index is 0.0146. The first-order valence-electron chi connectivity index (χ1n) is 10.8. The highest BCUT2D eigenvalue weighted by molar-refractivity contribution is 5.94. The van der Waals surface area contributed by atoms with Crippen LogP contribution >= 0.6 is 0 Å². The summed E-state index contributed by atoms with van der Waals surface area (Å²) >= 11 is 0. The quantitative estimate of drug-likeness (QED) is 0.730. The summed E-state index contributed by atoms with van der Waals surface area (Å²) in [5.41, 5.74) is 1.42. The van der Waals surface area contributed by atoms with Crippen molar-refractivity contribution >= 4 is 11.8 Å². The largest absolute Gasteiger partial charge is 0.355 e. The molecule has 0 saturated carbocycles. The van der Waals surface area contributed by atoms with Crippen LogP contribution in [-0.2, 0) is 4.79 Å². The lowest BCUT2D eigenvalue weighted by Crippen LogP contribution is -2.46. The highest BCUT2D eigenvalue weighted by Crippen LogP contribution is 2.22. The van der Waals surface area contributed by atoms with Crippen LogP contribution in [0.4, 0.5) is 0 Å². The first-order valence-corrected chi connectivity index (χ1v) is 10.8. The zero-order valence-electron chi connectivity index (χ0n) is 19.1. The summed E-state index contributed by atoms with van der Waals surface area (Å²) in [5.74, 6) is 1.06. The zero-order valence-corrected chi connectivity index (χ0v) is 19.1. The fourth-order valence-electron chi connectivity index (χ4n) is 4.08. The van der Waals surface area contributed by atoms with E-state index in [1.807, 2.05) is 31.1 Å². The number of piperidine rings is 1. The number of benzene rings is 1. The van der Waals surface area contributed by atoms with Crippen molar-refractivity contribution in [2.75, 3.05) is 40.3 Å². The topological polar surface area (TPSA) is 91.6 Å². The molecule has 2 heterocycles. The van der Waals surface area contributed by atoms with Crippen LogP contribution in [0.2, 0.25) is 0 Å². The molecular formula is C23H33N5O3. The number of aromatic nitrogens is 2. The third-order valence-electron chi connectivity index (χ3n) is 5.54. The third-order valence-corrected chi connectivity index (χ3v) is 5.54. The fourth-order valence-corrected chi connectivity index (χ4v) is 4.08. The molecule has 31 heavy (non-hydrogen) atoms. The number of carbonyl (C=O) groups excluding carboxylic acids is 2. The van der Waals surface area contributed by atoms with E-state index in [0.29, 0.717) is 49.8 Å². The van der Waals surface area contributed by atoms with Gasteiger partial charge in [-0.05, 0) is 63.5 Å². The van der Waals surface area contributed by atoms with Gasteiger partial charge < -0.3 is 19.6 Å². The summed E-state index contributed by atoms with van der Waals surface area (Å²) in [6.45, 7) is 8.80. The predicted octanol–water partition coefficient (Wildman–Crippen LogP) is 2.60. The van der Waals surface area contributed by atoms with Gasteiger partial charge >= 0.3 is 0 Å². The van der Waals surface area contributed by atoms with Gasteiger partial charge in [-0.2, -0.15) is 4.98 Å². The molecule has 0 spiro atoms. The molecule has 168 valence electrons. The summed E-state index contributed by atoms with van der Waals surface area (Å²) in [7, 11) is 4.08. The molecule has 2 amide bonds. The normalized spacial score (nSPS) is 15.4. The van der Waals surface area contributed by atoms with E-state index in [2.05, 4.69) is 34.2 Å². The van der Waals surface area contributed by atoms with Crippen LogP contribution in [0.5, 0.6) is 0 Å². The number of aryl methyl sites for hydroxylation is 1. The number of carbonyl (C=O) groups is 2. The maximum atomic E-state index is 12.9. The first kappa shape index (κ1) is 22.9. The Labute approximate surface area is 184 Å². The molecule has 1 aromatic carbocycles. The van der Waals surface area contributed by atoms with Crippen molar-refractivity contribution in [3.8, 4) is 11.5 Å². The molecule has 1 aliphatic heterocycles. The second-order valence-corrected chi connectivity index (χ2v) is 9.41. The van der Waals surface area contributed by atoms with Gasteiger partial charge in [0.15, 0.2) is 5.82 Å². The SMILES string of the molecule is Cc1noc(-c2ccc(C(=O)N3CCC(C(=O)NCC(C)(C)CN(C)C)CC3)cc2)n1. The molecule has 8 nitrogen and oxygen atoms in total. The molecule has 0 aliphatic carbocycles. The van der Waals surface area contributed by atoms with Crippen molar-refractivity contribution < 1.29 is 14.1 Å². The van der Waals surface area contributed by atoms with Crippen molar-refractivity contribution in [1.29, 1.82) is 0 Å². The molecule has 1 aliphatic rings. The van der Waals surface area contributed by atoms with Crippen LogP contribution in [0.25, 0.3) is 11.5 Å². The van der Waals surface area contributed by atoms with Crippen LogP contribution in [0.3, 0.4) is 0 Å². The van der Waals surface area contributed by atoms with Gasteiger partial charge in [0, 0.05) is 43.2 Å². The van der Waals surface area contributed by atoms with E-state index in [0.717, 1.165) is 12.1 Å². The van der Waals surface area contributed by atoms with Gasteiger partial charge in [0.2, 0.25) is 5.91 Å². The van der Waals surface area contributed by atoms with E-state index >= 15 is 0 Å². The van der Waals surface area contributed by atoms with E-state index < -0.39 is 0 Å². The smallest absolute Gasteiger partial charge is 0.257 e. The molecule has 1 saturated heterocycles. The Morgan fingerprint density at radius 1 is 1.19 bits per heavy atom. The van der Waals surface area contributed by atoms with Gasteiger partial charge in [-0.3, -0.25) is 9.59 Å². The first-order chi connectivity index (χ1) is 14.6. The van der Waals surface area contributed by atoms with Gasteiger partial charge in [-0.15, -0.1) is 0 Å². The summed E-state index contributed by atoms with van der Waals surface area (Å²) in [5, 5.41) is 6.90. The Balaban J connectivity index is 1.50. The van der Waals surface area contributed by atoms with Gasteiger partial charge in [0.05, 0.1) is 0 Å². The van der Waals surface area contributed by atoms with Crippen molar-refractivity contribution in [2.24, 2.45) is 11.3 Å². The monoisotopic (exact) mass is 427 g/mol. The maximum Gasteiger partial charge on any atom is 0.257 e. The number of amides is 2. The minimum atomic E-state index is -0.0395. The Morgan fingerprint density at radius 2 is 1.84 bits per heavy atom. The number of hydrogen-bond acceptors (Lipinski definition) is 6. The van der Waals surface area contributed by atoms with Crippen molar-refractivity contribution in [2.45, 2.75) is 33.6 Å². The molecule has 1 N–H and O–H groups in total. The van der Waals surface area contributed by atoms with Gasteiger partial charge in [0.1, 0.15) is 0 Å². The molecule has 0 radical (unpaired) electrons. The maximum absolute atomic E-state index is 12.9. The second kappa shape index (κ2) is 9.60. The molecule has 3 rings (SSSR count). The zero-order chi connectivity index (χ0) is 22.6. The summed E-state index contributed by atoms with van der Waals surface area (Å²) in [6, 6.07) is 7.19. The number of rotatable bonds is 7. The van der Waals surface area contributed by atoms with Gasteiger partial charge in [-0.1, -0.05) is 19.0 Å². The highest BCUT2D eigenvalue weighted by atomic mass is 16.5. The van der Waals surface area contributed by atoms with Gasteiger partial charge in [-0.25, -0.2) is 0 Å². The van der Waals surface area contributed by atoms with Crippen LogP contribution in [0.1, 0.15) is 42.9 Å². The molecule has 0 bridgehead atoms. The number of hydrogen-bond donors (Lipinski definition) is 1. The lowest BCUT2D eigenvalue weighted by atomic mass is 9.91. The summed E-state index contributed by atoms with van der Waals surface area (Å²) < 4.78 is 5.16. The Kier molecular flexibility index (Phi) is 7.10. The van der Waals surface area contributed by atoms with E-state index in [9.17, 15) is 9.59 Å². The Hall–Kier alpha value is -2.74. The predicted molar refractivity (Wildman–Crippen MR) is 118 cm³/mol. The van der Waals surface area contributed by atoms with Crippen molar-refractivity contribution in [3.05, 3.63) is 35.7 Å². The van der Waals surface area contributed by atoms with Crippen LogP contribution in [-0.4, -0.2) is 72.0 Å². The van der Waals surface area contributed by atoms with Crippen LogP contribution in [0.15, 0.2) is 28.8 Å². The molecule has 0 atom stereocenters. The number of nitrogens with zero attached hydrogens (tertiary/aromatic N) is 4. The number of likely N-dealkylation sites (tertiary alicyclic amines) is 1. The number of nitrogens with one attached hydrogen (secondary N) is 1. The second-order valence-electron chi connectivity index (χ2n) is 9.41. The van der Waals surface area contributed by atoms with E-state index in [1.54, 1.807) is 19.1 Å². The highest BCUT2D eigenvalue weighted by Gasteiger charge is 2.29. The van der Waals surface area contributed by atoms with Crippen LogP contribution < -0.4 is 5.32 Å². The molecule has 1 aromatic heterocycles. The van der Waals surface area contributed by atoms with Crippen molar-refractivity contribution in [3.63, 3.8) is 0 Å². The Bertz CT molecular complexity index is 896. The standard InChI is InChI=1S/C23H33N5O3/c1-16-25-21(31-26-16)18-6-8-19(9-7-18)22(30)28-12-10-17(11-13-28)20(29)24-14-23(2,3)15-27(4)5/h6-9,17H,10-15H2,1-5H3,(H,24,29). The summed E-state index contributed by atoms with van der Waals surface area (Å²) in [4.78, 5) is 33.6. The molecule has 2 aromatic rings. The van der Waals surface area contributed by atoms with Gasteiger partial charge in [0.25, 0.3) is 11.8 Å². The third kappa shape index (κ3) is 6.13. The molecule has 8 heteroatoms. The molecular weight excluding hydrogens is 394 g/mol. The average Bonchev–Trinajstić information content (AvgIpc) is 3.17. The Morgan fingerprint density at radius 3 is 2.39 bits per heavy atom. The fraction of sp³-hybridized carbons (Fsp3) is 0.565. The van der Waals surface area contributed by atoms with E-state index in [4.69, 9.17) is 4.52 Å².